The predicted molar refractivity (Wildman–Crippen MR) is 90.3 cm³/mol. The Kier molecular flexibility index (Phi) is 5.68. The van der Waals surface area contributed by atoms with Crippen LogP contribution in [0.2, 0.25) is 0 Å². The van der Waals surface area contributed by atoms with Crippen molar-refractivity contribution in [1.82, 2.24) is 19.8 Å². The molecule has 0 atom stereocenters. The Bertz CT molecular complexity index is 515. The van der Waals surface area contributed by atoms with Gasteiger partial charge >= 0.3 is 6.09 Å². The molecule has 6 heteroatoms. The number of rotatable bonds is 7. The van der Waals surface area contributed by atoms with Crippen molar-refractivity contribution in [2.45, 2.75) is 71.7 Å². The zero-order valence-electron chi connectivity index (χ0n) is 15.0. The fourth-order valence-electron chi connectivity index (χ4n) is 2.45. The number of hydrogen-bond donors (Lipinski definition) is 1. The van der Waals surface area contributed by atoms with Crippen LogP contribution in [0, 0.1) is 0 Å². The van der Waals surface area contributed by atoms with Crippen molar-refractivity contribution in [3.63, 3.8) is 0 Å². The smallest absolute Gasteiger partial charge is 0.410 e. The first-order valence-corrected chi connectivity index (χ1v) is 8.49. The Morgan fingerprint density at radius 2 is 2.17 bits per heavy atom. The Hall–Kier alpha value is -1.56. The molecule has 1 saturated carbocycles. The van der Waals surface area contributed by atoms with E-state index in [1.807, 2.05) is 47.1 Å². The first kappa shape index (κ1) is 17.8. The van der Waals surface area contributed by atoms with Crippen molar-refractivity contribution in [2.75, 3.05) is 13.1 Å². The third-order valence-electron chi connectivity index (χ3n) is 3.77. The van der Waals surface area contributed by atoms with Crippen molar-refractivity contribution in [3.05, 3.63) is 18.2 Å². The van der Waals surface area contributed by atoms with Crippen LogP contribution < -0.4 is 5.32 Å². The summed E-state index contributed by atoms with van der Waals surface area (Å²) in [7, 11) is 0. The summed E-state index contributed by atoms with van der Waals surface area (Å²) in [6.07, 6.45) is 6.08. The summed E-state index contributed by atoms with van der Waals surface area (Å²) in [5.41, 5.74) is 0.745. The lowest BCUT2D eigenvalue weighted by molar-refractivity contribution is 0.0193. The summed E-state index contributed by atoms with van der Waals surface area (Å²) in [4.78, 5) is 18.2. The summed E-state index contributed by atoms with van der Waals surface area (Å²) in [5, 5.41) is 3.40. The quantitative estimate of drug-likeness (QED) is 0.784. The van der Waals surface area contributed by atoms with Gasteiger partial charge in [0.25, 0.3) is 0 Å². The van der Waals surface area contributed by atoms with E-state index in [0.29, 0.717) is 12.6 Å². The zero-order chi connectivity index (χ0) is 17.0. The number of carbonyl (C=O) groups is 1. The minimum atomic E-state index is -0.464. The molecule has 1 amide bonds. The largest absolute Gasteiger partial charge is 0.444 e. The van der Waals surface area contributed by atoms with E-state index in [-0.39, 0.29) is 12.1 Å². The lowest BCUT2D eigenvalue weighted by Crippen LogP contribution is -2.44. The molecule has 0 aromatic carbocycles. The topological polar surface area (TPSA) is 59.4 Å². The van der Waals surface area contributed by atoms with E-state index in [0.717, 1.165) is 13.1 Å². The number of imidazole rings is 1. The molecule has 1 N–H and O–H groups in total. The van der Waals surface area contributed by atoms with Gasteiger partial charge in [0.05, 0.1) is 12.0 Å². The molecule has 130 valence electrons. The fraction of sp³-hybridized carbons (Fsp3) is 0.765. The van der Waals surface area contributed by atoms with Crippen molar-refractivity contribution in [3.8, 4) is 0 Å². The number of amides is 1. The van der Waals surface area contributed by atoms with Crippen LogP contribution in [0.15, 0.2) is 12.5 Å². The van der Waals surface area contributed by atoms with Gasteiger partial charge in [0.2, 0.25) is 0 Å². The van der Waals surface area contributed by atoms with Crippen LogP contribution >= 0.6 is 0 Å². The molecule has 1 aliphatic rings. The molecule has 1 aromatic heterocycles. The summed E-state index contributed by atoms with van der Waals surface area (Å²) in [5.74, 6) is 0. The average molecular weight is 322 g/mol. The number of carbonyl (C=O) groups excluding carboxylic acids is 1. The molecular weight excluding hydrogens is 292 g/mol. The molecule has 1 aromatic rings. The van der Waals surface area contributed by atoms with Gasteiger partial charge in [0.15, 0.2) is 0 Å². The first-order valence-electron chi connectivity index (χ1n) is 8.49. The number of hydrogen-bond acceptors (Lipinski definition) is 4. The minimum absolute atomic E-state index is 0.114. The highest BCUT2D eigenvalue weighted by Gasteiger charge is 2.25. The van der Waals surface area contributed by atoms with Gasteiger partial charge in [-0.15, -0.1) is 0 Å². The molecule has 6 nitrogen and oxygen atoms in total. The van der Waals surface area contributed by atoms with E-state index in [2.05, 4.69) is 14.9 Å². The Morgan fingerprint density at radius 3 is 2.74 bits per heavy atom. The predicted octanol–water partition coefficient (Wildman–Crippen LogP) is 2.95. The highest BCUT2D eigenvalue weighted by molar-refractivity contribution is 5.68. The second-order valence-corrected chi connectivity index (χ2v) is 7.47. The third-order valence-corrected chi connectivity index (χ3v) is 3.77. The van der Waals surface area contributed by atoms with Crippen molar-refractivity contribution >= 4 is 6.09 Å². The SMILES string of the molecule is CC(C)N(CCNCc1cncn1C1CC1)C(=O)OC(C)(C)C. The maximum atomic E-state index is 12.2. The van der Waals surface area contributed by atoms with Crippen LogP contribution in [0.1, 0.15) is 59.2 Å². The van der Waals surface area contributed by atoms with Gasteiger partial charge in [-0.2, -0.15) is 0 Å². The van der Waals surface area contributed by atoms with E-state index < -0.39 is 5.60 Å². The van der Waals surface area contributed by atoms with Gasteiger partial charge in [-0.3, -0.25) is 0 Å². The van der Waals surface area contributed by atoms with Crippen LogP contribution in [-0.4, -0.2) is 45.3 Å². The van der Waals surface area contributed by atoms with E-state index in [9.17, 15) is 4.79 Å². The van der Waals surface area contributed by atoms with E-state index >= 15 is 0 Å². The van der Waals surface area contributed by atoms with Crippen LogP contribution in [0.3, 0.4) is 0 Å². The Labute approximate surface area is 139 Å². The number of nitrogens with zero attached hydrogens (tertiary/aromatic N) is 3. The van der Waals surface area contributed by atoms with Gasteiger partial charge in [-0.1, -0.05) is 0 Å². The van der Waals surface area contributed by atoms with Gasteiger partial charge in [0, 0.05) is 37.9 Å². The number of ether oxygens (including phenoxy) is 1. The van der Waals surface area contributed by atoms with E-state index in [1.54, 1.807) is 4.90 Å². The average Bonchev–Trinajstić information content (AvgIpc) is 3.15. The molecule has 23 heavy (non-hydrogen) atoms. The molecule has 0 radical (unpaired) electrons. The van der Waals surface area contributed by atoms with Crippen LogP contribution in [0.4, 0.5) is 4.79 Å². The lowest BCUT2D eigenvalue weighted by atomic mass is 10.2. The second kappa shape index (κ2) is 7.34. The van der Waals surface area contributed by atoms with E-state index in [4.69, 9.17) is 4.74 Å². The second-order valence-electron chi connectivity index (χ2n) is 7.47. The van der Waals surface area contributed by atoms with E-state index in [1.165, 1.54) is 18.5 Å². The summed E-state index contributed by atoms with van der Waals surface area (Å²) >= 11 is 0. The van der Waals surface area contributed by atoms with Crippen molar-refractivity contribution in [1.29, 1.82) is 0 Å². The molecule has 0 spiro atoms. The zero-order valence-corrected chi connectivity index (χ0v) is 15.0. The molecule has 2 rings (SSSR count). The monoisotopic (exact) mass is 322 g/mol. The Morgan fingerprint density at radius 1 is 1.48 bits per heavy atom. The van der Waals surface area contributed by atoms with Gasteiger partial charge in [-0.25, -0.2) is 9.78 Å². The molecule has 1 heterocycles. The molecule has 0 aliphatic heterocycles. The lowest BCUT2D eigenvalue weighted by Gasteiger charge is -2.30. The maximum absolute atomic E-state index is 12.2. The fourth-order valence-corrected chi connectivity index (χ4v) is 2.45. The highest BCUT2D eigenvalue weighted by atomic mass is 16.6. The normalized spacial score (nSPS) is 15.0. The van der Waals surface area contributed by atoms with Crippen LogP contribution in [0.5, 0.6) is 0 Å². The third kappa shape index (κ3) is 5.53. The molecule has 0 saturated heterocycles. The van der Waals surface area contributed by atoms with Crippen molar-refractivity contribution < 1.29 is 9.53 Å². The Balaban J connectivity index is 1.78. The standard InChI is InChI=1S/C17H30N4O2/c1-13(2)20(16(22)23-17(3,4)5)9-8-18-10-15-11-19-12-21(15)14-6-7-14/h11-14,18H,6-10H2,1-5H3. The highest BCUT2D eigenvalue weighted by Crippen LogP contribution is 2.35. The van der Waals surface area contributed by atoms with Gasteiger partial charge in [-0.05, 0) is 47.5 Å². The number of aromatic nitrogens is 2. The van der Waals surface area contributed by atoms with Gasteiger partial charge in [0.1, 0.15) is 5.60 Å². The molecule has 1 aliphatic carbocycles. The maximum Gasteiger partial charge on any atom is 0.410 e. The van der Waals surface area contributed by atoms with Crippen molar-refractivity contribution in [2.24, 2.45) is 0 Å². The summed E-state index contributed by atoms with van der Waals surface area (Å²) in [6.45, 7) is 11.8. The molecular formula is C17H30N4O2. The van der Waals surface area contributed by atoms with Crippen LogP contribution in [0.25, 0.3) is 0 Å². The van der Waals surface area contributed by atoms with Crippen LogP contribution in [-0.2, 0) is 11.3 Å². The molecule has 0 bridgehead atoms. The number of nitrogens with one attached hydrogen (secondary N) is 1. The summed E-state index contributed by atoms with van der Waals surface area (Å²) in [6, 6.07) is 0.756. The minimum Gasteiger partial charge on any atom is -0.444 e. The van der Waals surface area contributed by atoms with Gasteiger partial charge < -0.3 is 19.5 Å². The molecule has 0 unspecified atom stereocenters. The first-order chi connectivity index (χ1) is 10.8. The molecule has 1 fully saturated rings. The summed E-state index contributed by atoms with van der Waals surface area (Å²) < 4.78 is 7.72.